The Morgan fingerprint density at radius 2 is 1.90 bits per heavy atom. The van der Waals surface area contributed by atoms with Crippen molar-refractivity contribution in [1.82, 2.24) is 9.88 Å². The Balaban J connectivity index is 2.07. The standard InChI is InChI=1S/C15H12ClFN2O2/c1-8(19-13(20)4-5-14(19)21)11-6-9-2-3-10(17)7-12(9)18-15(11)16/h2-3,6-8H,4-5H2,1H3. The van der Waals surface area contributed by atoms with Crippen molar-refractivity contribution in [2.45, 2.75) is 25.8 Å². The topological polar surface area (TPSA) is 50.3 Å². The first kappa shape index (κ1) is 13.9. The number of hydrogen-bond donors (Lipinski definition) is 0. The summed E-state index contributed by atoms with van der Waals surface area (Å²) in [6.07, 6.45) is 0.458. The molecule has 1 aromatic carbocycles. The van der Waals surface area contributed by atoms with Crippen molar-refractivity contribution in [3.05, 3.63) is 40.8 Å². The molecule has 6 heteroatoms. The monoisotopic (exact) mass is 306 g/mol. The number of likely N-dealkylation sites (tertiary alicyclic amines) is 1. The minimum atomic E-state index is -0.484. The number of benzene rings is 1. The summed E-state index contributed by atoms with van der Waals surface area (Å²) in [6.45, 7) is 1.74. The number of pyridine rings is 1. The molecule has 1 aliphatic rings. The van der Waals surface area contributed by atoms with Gasteiger partial charge in [0.1, 0.15) is 11.0 Å². The number of rotatable bonds is 2. The van der Waals surface area contributed by atoms with Gasteiger partial charge in [0, 0.05) is 29.9 Å². The van der Waals surface area contributed by atoms with E-state index in [1.807, 2.05) is 0 Å². The maximum atomic E-state index is 13.2. The third kappa shape index (κ3) is 2.38. The zero-order chi connectivity index (χ0) is 15.1. The summed E-state index contributed by atoms with van der Waals surface area (Å²) in [6, 6.07) is 5.48. The van der Waals surface area contributed by atoms with Crippen molar-refractivity contribution in [1.29, 1.82) is 0 Å². The summed E-state index contributed by atoms with van der Waals surface area (Å²) < 4.78 is 13.2. The van der Waals surface area contributed by atoms with Crippen LogP contribution in [0.25, 0.3) is 10.9 Å². The second-order valence-electron chi connectivity index (χ2n) is 5.04. The Labute approximate surface area is 125 Å². The van der Waals surface area contributed by atoms with Gasteiger partial charge in [-0.05, 0) is 25.1 Å². The Bertz CT molecular complexity index is 747. The average Bonchev–Trinajstić information content (AvgIpc) is 2.76. The first-order chi connectivity index (χ1) is 9.97. The molecule has 0 radical (unpaired) electrons. The third-order valence-electron chi connectivity index (χ3n) is 3.69. The van der Waals surface area contributed by atoms with Crippen LogP contribution in [0.3, 0.4) is 0 Å². The molecule has 1 atom stereocenters. The van der Waals surface area contributed by atoms with E-state index < -0.39 is 11.9 Å². The number of carbonyl (C=O) groups is 2. The van der Waals surface area contributed by atoms with E-state index >= 15 is 0 Å². The lowest BCUT2D eigenvalue weighted by atomic mass is 10.1. The fourth-order valence-electron chi connectivity index (χ4n) is 2.59. The van der Waals surface area contributed by atoms with E-state index in [-0.39, 0.29) is 29.8 Å². The second kappa shape index (κ2) is 5.07. The van der Waals surface area contributed by atoms with Crippen LogP contribution in [0.5, 0.6) is 0 Å². The molecule has 21 heavy (non-hydrogen) atoms. The van der Waals surface area contributed by atoms with E-state index in [9.17, 15) is 14.0 Å². The molecule has 1 unspecified atom stereocenters. The minimum absolute atomic E-state index is 0.174. The predicted octanol–water partition coefficient (Wildman–Crippen LogP) is 3.24. The summed E-state index contributed by atoms with van der Waals surface area (Å²) in [5.74, 6) is -0.803. The molecule has 2 heterocycles. The summed E-state index contributed by atoms with van der Waals surface area (Å²) in [4.78, 5) is 29.0. The molecule has 3 rings (SSSR count). The van der Waals surface area contributed by atoms with Crippen LogP contribution in [0, 0.1) is 5.82 Å². The lowest BCUT2D eigenvalue weighted by Crippen LogP contribution is -2.32. The first-order valence-electron chi connectivity index (χ1n) is 6.58. The maximum absolute atomic E-state index is 13.2. The normalized spacial score (nSPS) is 16.8. The van der Waals surface area contributed by atoms with E-state index in [0.717, 1.165) is 0 Å². The molecule has 1 aromatic heterocycles. The molecule has 4 nitrogen and oxygen atoms in total. The summed E-state index contributed by atoms with van der Waals surface area (Å²) in [7, 11) is 0. The number of carbonyl (C=O) groups excluding carboxylic acids is 2. The Morgan fingerprint density at radius 1 is 1.24 bits per heavy atom. The van der Waals surface area contributed by atoms with Crippen LogP contribution in [0.4, 0.5) is 4.39 Å². The quantitative estimate of drug-likeness (QED) is 0.632. The van der Waals surface area contributed by atoms with E-state index in [2.05, 4.69) is 4.98 Å². The van der Waals surface area contributed by atoms with Crippen molar-refractivity contribution < 1.29 is 14.0 Å². The van der Waals surface area contributed by atoms with Crippen LogP contribution in [-0.4, -0.2) is 21.7 Å². The van der Waals surface area contributed by atoms with Gasteiger partial charge in [-0.1, -0.05) is 11.6 Å². The van der Waals surface area contributed by atoms with E-state index in [0.29, 0.717) is 16.5 Å². The van der Waals surface area contributed by atoms with Crippen molar-refractivity contribution in [2.75, 3.05) is 0 Å². The van der Waals surface area contributed by atoms with Crippen LogP contribution >= 0.6 is 11.6 Å². The van der Waals surface area contributed by atoms with Gasteiger partial charge in [0.2, 0.25) is 11.8 Å². The molecule has 108 valence electrons. The zero-order valence-corrected chi connectivity index (χ0v) is 12.0. The van der Waals surface area contributed by atoms with Crippen LogP contribution < -0.4 is 0 Å². The smallest absolute Gasteiger partial charge is 0.230 e. The lowest BCUT2D eigenvalue weighted by Gasteiger charge is -2.23. The minimum Gasteiger partial charge on any atom is -0.275 e. The van der Waals surface area contributed by atoms with Crippen molar-refractivity contribution in [3.63, 3.8) is 0 Å². The Kier molecular flexibility index (Phi) is 3.37. The molecular weight excluding hydrogens is 295 g/mol. The lowest BCUT2D eigenvalue weighted by molar-refractivity contribution is -0.140. The van der Waals surface area contributed by atoms with Crippen LogP contribution in [-0.2, 0) is 9.59 Å². The third-order valence-corrected chi connectivity index (χ3v) is 3.99. The first-order valence-corrected chi connectivity index (χ1v) is 6.96. The molecule has 2 aromatic rings. The van der Waals surface area contributed by atoms with Gasteiger partial charge in [0.25, 0.3) is 0 Å². The van der Waals surface area contributed by atoms with Crippen LogP contribution in [0.1, 0.15) is 31.4 Å². The van der Waals surface area contributed by atoms with Crippen LogP contribution in [0.2, 0.25) is 5.15 Å². The highest BCUT2D eigenvalue weighted by Gasteiger charge is 2.34. The van der Waals surface area contributed by atoms with E-state index in [1.54, 1.807) is 19.1 Å². The predicted molar refractivity (Wildman–Crippen MR) is 76.2 cm³/mol. The van der Waals surface area contributed by atoms with Gasteiger partial charge in [-0.3, -0.25) is 14.5 Å². The molecule has 0 aliphatic carbocycles. The van der Waals surface area contributed by atoms with Gasteiger partial charge >= 0.3 is 0 Å². The summed E-state index contributed by atoms with van der Waals surface area (Å²) >= 11 is 6.14. The molecule has 0 bridgehead atoms. The highest BCUT2D eigenvalue weighted by Crippen LogP contribution is 2.32. The molecular formula is C15H12ClFN2O2. The van der Waals surface area contributed by atoms with Crippen molar-refractivity contribution >= 4 is 34.3 Å². The molecule has 0 N–H and O–H groups in total. The van der Waals surface area contributed by atoms with Gasteiger partial charge in [-0.2, -0.15) is 0 Å². The van der Waals surface area contributed by atoms with Gasteiger partial charge in [-0.15, -0.1) is 0 Å². The fourth-order valence-corrected chi connectivity index (χ4v) is 2.89. The molecule has 1 fully saturated rings. The zero-order valence-electron chi connectivity index (χ0n) is 11.3. The number of amides is 2. The highest BCUT2D eigenvalue weighted by atomic mass is 35.5. The molecule has 1 aliphatic heterocycles. The van der Waals surface area contributed by atoms with Gasteiger partial charge in [0.05, 0.1) is 11.6 Å². The number of hydrogen-bond acceptors (Lipinski definition) is 3. The molecule has 1 saturated heterocycles. The average molecular weight is 307 g/mol. The largest absolute Gasteiger partial charge is 0.275 e. The van der Waals surface area contributed by atoms with Gasteiger partial charge < -0.3 is 0 Å². The number of halogens is 2. The number of imide groups is 1. The Morgan fingerprint density at radius 3 is 2.57 bits per heavy atom. The SMILES string of the molecule is CC(c1cc2ccc(F)cc2nc1Cl)N1C(=O)CCC1=O. The van der Waals surface area contributed by atoms with Crippen LogP contribution in [0.15, 0.2) is 24.3 Å². The van der Waals surface area contributed by atoms with Gasteiger partial charge in [0.15, 0.2) is 0 Å². The summed E-state index contributed by atoms with van der Waals surface area (Å²) in [5, 5.41) is 0.884. The highest BCUT2D eigenvalue weighted by molar-refractivity contribution is 6.30. The second-order valence-corrected chi connectivity index (χ2v) is 5.40. The number of nitrogens with zero attached hydrogens (tertiary/aromatic N) is 2. The maximum Gasteiger partial charge on any atom is 0.230 e. The van der Waals surface area contributed by atoms with Crippen molar-refractivity contribution in [2.24, 2.45) is 0 Å². The number of aromatic nitrogens is 1. The number of fused-ring (bicyclic) bond motifs is 1. The van der Waals surface area contributed by atoms with E-state index in [1.165, 1.54) is 17.0 Å². The molecule has 2 amide bonds. The Hall–Kier alpha value is -2.01. The summed E-state index contributed by atoms with van der Waals surface area (Å²) in [5.41, 5.74) is 1.02. The van der Waals surface area contributed by atoms with E-state index in [4.69, 9.17) is 11.6 Å². The molecule has 0 saturated carbocycles. The fraction of sp³-hybridized carbons (Fsp3) is 0.267. The molecule has 0 spiro atoms. The van der Waals surface area contributed by atoms with Gasteiger partial charge in [-0.25, -0.2) is 9.37 Å². The van der Waals surface area contributed by atoms with Crippen molar-refractivity contribution in [3.8, 4) is 0 Å².